The topological polar surface area (TPSA) is 64.4 Å². The predicted octanol–water partition coefficient (Wildman–Crippen LogP) is 2.59. The van der Waals surface area contributed by atoms with Crippen molar-refractivity contribution in [2.24, 2.45) is 11.7 Å². The molecule has 1 aliphatic heterocycles. The maximum atomic E-state index is 13.0. The molecule has 0 spiro atoms. The molecule has 4 nitrogen and oxygen atoms in total. The van der Waals surface area contributed by atoms with Gasteiger partial charge in [0.25, 0.3) is 0 Å². The molecule has 0 aliphatic carbocycles. The minimum atomic E-state index is -0.590. The first-order valence-electron chi connectivity index (χ1n) is 6.17. The fourth-order valence-corrected chi connectivity index (χ4v) is 2.27. The fourth-order valence-electron chi connectivity index (χ4n) is 2.09. The molecule has 1 heterocycles. The van der Waals surface area contributed by atoms with Gasteiger partial charge in [-0.1, -0.05) is 11.6 Å². The smallest absolute Gasteiger partial charge is 0.241 e. The van der Waals surface area contributed by atoms with Crippen molar-refractivity contribution in [3.63, 3.8) is 0 Å². The van der Waals surface area contributed by atoms with Crippen LogP contribution in [0.4, 0.5) is 10.1 Å². The number of anilines is 1. The van der Waals surface area contributed by atoms with Crippen LogP contribution in [0.5, 0.6) is 0 Å². The molecule has 1 aromatic carbocycles. The van der Waals surface area contributed by atoms with E-state index in [0.29, 0.717) is 18.9 Å². The molecule has 2 rings (SSSR count). The lowest BCUT2D eigenvalue weighted by Crippen LogP contribution is -2.44. The molecule has 0 bridgehead atoms. The van der Waals surface area contributed by atoms with E-state index in [1.807, 2.05) is 0 Å². The van der Waals surface area contributed by atoms with Crippen LogP contribution in [0.1, 0.15) is 12.8 Å². The number of nitrogens with two attached hydrogens (primary N) is 1. The lowest BCUT2D eigenvalue weighted by molar-refractivity contribution is -0.119. The number of nitrogens with one attached hydrogen (secondary N) is 1. The van der Waals surface area contributed by atoms with Gasteiger partial charge < -0.3 is 15.8 Å². The van der Waals surface area contributed by atoms with Gasteiger partial charge in [0.1, 0.15) is 5.82 Å². The largest absolute Gasteiger partial charge is 0.381 e. The molecule has 1 unspecified atom stereocenters. The molecule has 1 saturated heterocycles. The first-order chi connectivity index (χ1) is 9.08. The van der Waals surface area contributed by atoms with E-state index in [1.165, 1.54) is 18.2 Å². The summed E-state index contributed by atoms with van der Waals surface area (Å²) in [4.78, 5) is 12.0. The fraction of sp³-hybridized carbons (Fsp3) is 0.462. The van der Waals surface area contributed by atoms with Gasteiger partial charge in [0.15, 0.2) is 0 Å². The van der Waals surface area contributed by atoms with Crippen molar-refractivity contribution < 1.29 is 13.9 Å². The van der Waals surface area contributed by atoms with Crippen molar-refractivity contribution in [3.8, 4) is 0 Å². The zero-order chi connectivity index (χ0) is 13.8. The molecule has 1 amide bonds. The van der Waals surface area contributed by atoms with Crippen LogP contribution in [-0.2, 0) is 9.53 Å². The zero-order valence-electron chi connectivity index (χ0n) is 10.8. The molecular formula is C13H17Cl2FN2O2. The summed E-state index contributed by atoms with van der Waals surface area (Å²) in [5.41, 5.74) is 6.38. The molecule has 1 aliphatic rings. The number of hydrogen-bond donors (Lipinski definition) is 2. The number of carbonyl (C=O) groups is 1. The van der Waals surface area contributed by atoms with Gasteiger partial charge >= 0.3 is 0 Å². The van der Waals surface area contributed by atoms with Crippen LogP contribution < -0.4 is 11.1 Å². The van der Waals surface area contributed by atoms with Gasteiger partial charge in [0, 0.05) is 18.9 Å². The van der Waals surface area contributed by atoms with Gasteiger partial charge in [-0.25, -0.2) is 4.39 Å². The maximum absolute atomic E-state index is 13.0. The first-order valence-corrected chi connectivity index (χ1v) is 6.55. The van der Waals surface area contributed by atoms with Crippen molar-refractivity contribution in [1.82, 2.24) is 0 Å². The number of rotatable bonds is 3. The SMILES string of the molecule is Cl.NC(C(=O)Nc1ccc(F)c(Cl)c1)C1CCOCC1. The Labute approximate surface area is 128 Å². The van der Waals surface area contributed by atoms with Crippen LogP contribution in [-0.4, -0.2) is 25.2 Å². The quantitative estimate of drug-likeness (QED) is 0.899. The summed E-state index contributed by atoms with van der Waals surface area (Å²) in [5, 5.41) is 2.62. The zero-order valence-corrected chi connectivity index (χ0v) is 12.3. The summed E-state index contributed by atoms with van der Waals surface area (Å²) >= 11 is 5.65. The molecule has 0 radical (unpaired) electrons. The van der Waals surface area contributed by atoms with Crippen LogP contribution >= 0.6 is 24.0 Å². The van der Waals surface area contributed by atoms with Crippen LogP contribution in [0.15, 0.2) is 18.2 Å². The third-order valence-electron chi connectivity index (χ3n) is 3.26. The summed E-state index contributed by atoms with van der Waals surface area (Å²) in [6.45, 7) is 1.27. The minimum Gasteiger partial charge on any atom is -0.381 e. The molecule has 1 fully saturated rings. The van der Waals surface area contributed by atoms with Crippen molar-refractivity contribution >= 4 is 35.6 Å². The van der Waals surface area contributed by atoms with E-state index >= 15 is 0 Å². The van der Waals surface area contributed by atoms with E-state index in [-0.39, 0.29) is 29.3 Å². The van der Waals surface area contributed by atoms with Crippen LogP contribution in [0.25, 0.3) is 0 Å². The second-order valence-electron chi connectivity index (χ2n) is 4.59. The van der Waals surface area contributed by atoms with Gasteiger partial charge in [-0.2, -0.15) is 0 Å². The number of carbonyl (C=O) groups excluding carboxylic acids is 1. The first kappa shape index (κ1) is 17.2. The summed E-state index contributed by atoms with van der Waals surface area (Å²) in [6, 6.07) is 3.44. The molecule has 1 atom stereocenters. The number of benzene rings is 1. The average Bonchev–Trinajstić information content (AvgIpc) is 2.43. The molecule has 20 heavy (non-hydrogen) atoms. The van der Waals surface area contributed by atoms with E-state index in [0.717, 1.165) is 12.8 Å². The summed E-state index contributed by atoms with van der Waals surface area (Å²) in [5.74, 6) is -0.687. The van der Waals surface area contributed by atoms with Gasteiger partial charge in [0.2, 0.25) is 5.91 Å². The number of hydrogen-bond acceptors (Lipinski definition) is 3. The van der Waals surface area contributed by atoms with E-state index < -0.39 is 11.9 Å². The Balaban J connectivity index is 0.00000200. The van der Waals surface area contributed by atoms with Gasteiger partial charge in [-0.15, -0.1) is 12.4 Å². The van der Waals surface area contributed by atoms with Gasteiger partial charge in [0.05, 0.1) is 11.1 Å². The molecule has 7 heteroatoms. The average molecular weight is 323 g/mol. The molecule has 1 aromatic rings. The molecular weight excluding hydrogens is 306 g/mol. The lowest BCUT2D eigenvalue weighted by atomic mass is 9.92. The second kappa shape index (κ2) is 7.78. The highest BCUT2D eigenvalue weighted by atomic mass is 35.5. The third-order valence-corrected chi connectivity index (χ3v) is 3.55. The predicted molar refractivity (Wildman–Crippen MR) is 78.8 cm³/mol. The Morgan fingerprint density at radius 2 is 2.10 bits per heavy atom. The summed E-state index contributed by atoms with van der Waals surface area (Å²) in [7, 11) is 0. The van der Waals surface area contributed by atoms with Crippen LogP contribution in [0, 0.1) is 11.7 Å². The van der Waals surface area contributed by atoms with Crippen LogP contribution in [0.3, 0.4) is 0 Å². The highest BCUT2D eigenvalue weighted by Gasteiger charge is 2.26. The van der Waals surface area contributed by atoms with Crippen molar-refractivity contribution in [2.75, 3.05) is 18.5 Å². The Morgan fingerprint density at radius 1 is 1.45 bits per heavy atom. The Hall–Kier alpha value is -0.880. The minimum absolute atomic E-state index is 0. The van der Waals surface area contributed by atoms with Crippen LogP contribution in [0.2, 0.25) is 5.02 Å². The van der Waals surface area contributed by atoms with E-state index in [2.05, 4.69) is 5.32 Å². The Kier molecular flexibility index (Phi) is 6.68. The number of ether oxygens (including phenoxy) is 1. The van der Waals surface area contributed by atoms with E-state index in [9.17, 15) is 9.18 Å². The maximum Gasteiger partial charge on any atom is 0.241 e. The molecule has 112 valence electrons. The summed E-state index contributed by atoms with van der Waals surface area (Å²) in [6.07, 6.45) is 1.55. The molecule has 0 saturated carbocycles. The Bertz CT molecular complexity index is 468. The van der Waals surface area contributed by atoms with Gasteiger partial charge in [-0.05, 0) is 37.0 Å². The van der Waals surface area contributed by atoms with Crippen molar-refractivity contribution in [2.45, 2.75) is 18.9 Å². The summed E-state index contributed by atoms with van der Waals surface area (Å²) < 4.78 is 18.2. The van der Waals surface area contributed by atoms with E-state index in [1.54, 1.807) is 0 Å². The monoisotopic (exact) mass is 322 g/mol. The van der Waals surface area contributed by atoms with Crippen molar-refractivity contribution in [3.05, 3.63) is 29.0 Å². The van der Waals surface area contributed by atoms with Gasteiger partial charge in [-0.3, -0.25) is 4.79 Å². The normalized spacial score (nSPS) is 17.1. The molecule has 3 N–H and O–H groups in total. The highest BCUT2D eigenvalue weighted by molar-refractivity contribution is 6.31. The van der Waals surface area contributed by atoms with Crippen molar-refractivity contribution in [1.29, 1.82) is 0 Å². The third kappa shape index (κ3) is 4.31. The number of amides is 1. The lowest BCUT2D eigenvalue weighted by Gasteiger charge is -2.26. The van der Waals surface area contributed by atoms with E-state index in [4.69, 9.17) is 22.1 Å². The molecule has 0 aromatic heterocycles. The number of halogens is 3. The highest BCUT2D eigenvalue weighted by Crippen LogP contribution is 2.21. The second-order valence-corrected chi connectivity index (χ2v) is 5.00. The standard InChI is InChI=1S/C13H16ClFN2O2.ClH/c14-10-7-9(1-2-11(10)15)17-13(18)12(16)8-3-5-19-6-4-8;/h1-2,7-8,12H,3-6,16H2,(H,17,18);1H. The Morgan fingerprint density at radius 3 is 2.70 bits per heavy atom.